The Balaban J connectivity index is 1.64. The van der Waals surface area contributed by atoms with E-state index in [1.54, 1.807) is 23.1 Å². The Morgan fingerprint density at radius 1 is 1.32 bits per heavy atom. The molecule has 25 heavy (non-hydrogen) atoms. The summed E-state index contributed by atoms with van der Waals surface area (Å²) in [7, 11) is 0. The number of pyridine rings is 1. The fourth-order valence-corrected chi connectivity index (χ4v) is 2.90. The number of aromatic nitrogens is 2. The van der Waals surface area contributed by atoms with Crippen molar-refractivity contribution in [2.24, 2.45) is 0 Å². The summed E-state index contributed by atoms with van der Waals surface area (Å²) in [6.07, 6.45) is 6.12. The molecule has 4 rings (SSSR count). The summed E-state index contributed by atoms with van der Waals surface area (Å²) in [6.45, 7) is 0.625. The van der Waals surface area contributed by atoms with Crippen molar-refractivity contribution >= 4 is 17.6 Å². The lowest BCUT2D eigenvalue weighted by Crippen LogP contribution is -2.39. The van der Waals surface area contributed by atoms with Crippen molar-refractivity contribution < 1.29 is 13.6 Å². The smallest absolute Gasteiger partial charge is 0.263 e. The number of carbonyl (C=O) groups is 1. The molecule has 6 nitrogen and oxygen atoms in total. The van der Waals surface area contributed by atoms with Crippen LogP contribution in [0.5, 0.6) is 0 Å². The van der Waals surface area contributed by atoms with E-state index in [0.717, 1.165) is 6.20 Å². The van der Waals surface area contributed by atoms with E-state index in [9.17, 15) is 14.0 Å². The molecule has 3 aromatic rings. The molecule has 1 aliphatic heterocycles. The van der Waals surface area contributed by atoms with Crippen LogP contribution in [0.25, 0.3) is 11.7 Å². The van der Waals surface area contributed by atoms with Gasteiger partial charge in [0, 0.05) is 25.2 Å². The van der Waals surface area contributed by atoms with Gasteiger partial charge in [0.2, 0.25) is 5.91 Å². The van der Waals surface area contributed by atoms with Crippen LogP contribution in [0.15, 0.2) is 52.0 Å². The van der Waals surface area contributed by atoms with Gasteiger partial charge in [-0.2, -0.15) is 0 Å². The molecule has 3 aromatic heterocycles. The van der Waals surface area contributed by atoms with E-state index in [0.29, 0.717) is 35.6 Å². The molecule has 0 unspecified atom stereocenters. The number of amides is 1. The van der Waals surface area contributed by atoms with Gasteiger partial charge in [-0.05, 0) is 30.3 Å². The summed E-state index contributed by atoms with van der Waals surface area (Å²) in [5.74, 6) is -0.152. The van der Waals surface area contributed by atoms with E-state index in [2.05, 4.69) is 4.98 Å². The maximum absolute atomic E-state index is 13.4. The molecule has 0 aliphatic carbocycles. The van der Waals surface area contributed by atoms with Gasteiger partial charge in [0.05, 0.1) is 24.1 Å². The summed E-state index contributed by atoms with van der Waals surface area (Å²) in [5, 5.41) is 0. The molecule has 0 bridgehead atoms. The highest BCUT2D eigenvalue weighted by atomic mass is 19.1. The van der Waals surface area contributed by atoms with Crippen molar-refractivity contribution in [2.45, 2.75) is 13.0 Å². The first kappa shape index (κ1) is 15.3. The number of rotatable bonds is 2. The molecule has 0 aromatic carbocycles. The van der Waals surface area contributed by atoms with Gasteiger partial charge < -0.3 is 9.32 Å². The minimum atomic E-state index is -0.513. The van der Waals surface area contributed by atoms with Crippen LogP contribution in [0.1, 0.15) is 17.0 Å². The zero-order chi connectivity index (χ0) is 17.4. The minimum absolute atomic E-state index is 0.155. The quantitative estimate of drug-likeness (QED) is 0.670. The third-order valence-electron chi connectivity index (χ3n) is 4.18. The third kappa shape index (κ3) is 2.84. The zero-order valence-corrected chi connectivity index (χ0v) is 13.2. The van der Waals surface area contributed by atoms with Crippen molar-refractivity contribution in [1.82, 2.24) is 14.3 Å². The summed E-state index contributed by atoms with van der Waals surface area (Å²) in [4.78, 5) is 31.0. The lowest BCUT2D eigenvalue weighted by Gasteiger charge is -2.27. The van der Waals surface area contributed by atoms with Gasteiger partial charge in [-0.3, -0.25) is 14.0 Å². The van der Waals surface area contributed by atoms with Crippen LogP contribution in [-0.2, 0) is 17.8 Å². The van der Waals surface area contributed by atoms with Crippen molar-refractivity contribution in [1.29, 1.82) is 0 Å². The Hall–Kier alpha value is -3.22. The maximum Gasteiger partial charge on any atom is 0.263 e. The van der Waals surface area contributed by atoms with Crippen LogP contribution >= 0.6 is 0 Å². The Morgan fingerprint density at radius 2 is 2.20 bits per heavy atom. The molecule has 0 saturated heterocycles. The summed E-state index contributed by atoms with van der Waals surface area (Å²) in [5.41, 5.74) is 1.15. The second kappa shape index (κ2) is 6.01. The van der Waals surface area contributed by atoms with Gasteiger partial charge in [0.15, 0.2) is 0 Å². The van der Waals surface area contributed by atoms with Gasteiger partial charge in [0.1, 0.15) is 17.2 Å². The molecule has 0 N–H and O–H groups in total. The first-order valence-electron chi connectivity index (χ1n) is 7.82. The van der Waals surface area contributed by atoms with Gasteiger partial charge in [-0.15, -0.1) is 0 Å². The molecule has 0 saturated carbocycles. The minimum Gasteiger partial charge on any atom is -0.465 e. The number of hydrogen-bond acceptors (Lipinski definition) is 4. The lowest BCUT2D eigenvalue weighted by atomic mass is 10.1. The molecule has 0 fully saturated rings. The van der Waals surface area contributed by atoms with E-state index < -0.39 is 5.82 Å². The number of nitrogens with zero attached hydrogens (tertiary/aromatic N) is 3. The lowest BCUT2D eigenvalue weighted by molar-refractivity contribution is -0.126. The second-order valence-corrected chi connectivity index (χ2v) is 5.78. The van der Waals surface area contributed by atoms with E-state index in [1.807, 2.05) is 0 Å². The standard InChI is InChI=1S/C18H14FN3O3/c19-12-3-5-16-20-15-7-8-21(11-14(15)18(24)22(16)10-12)17(23)6-4-13-2-1-9-25-13/h1-6,9-10H,7-8,11H2/b6-4+. The maximum atomic E-state index is 13.4. The Bertz CT molecular complexity index is 1040. The summed E-state index contributed by atoms with van der Waals surface area (Å²) in [6, 6.07) is 6.22. The van der Waals surface area contributed by atoms with Crippen LogP contribution in [0.3, 0.4) is 0 Å². The van der Waals surface area contributed by atoms with Gasteiger partial charge in [0.25, 0.3) is 5.56 Å². The van der Waals surface area contributed by atoms with Gasteiger partial charge in [-0.25, -0.2) is 9.37 Å². The predicted molar refractivity (Wildman–Crippen MR) is 88.3 cm³/mol. The van der Waals surface area contributed by atoms with Gasteiger partial charge >= 0.3 is 0 Å². The number of halogens is 1. The summed E-state index contributed by atoms with van der Waals surface area (Å²) >= 11 is 0. The number of furan rings is 1. The molecule has 126 valence electrons. The summed E-state index contributed by atoms with van der Waals surface area (Å²) < 4.78 is 19.7. The molecule has 0 radical (unpaired) electrons. The molecular weight excluding hydrogens is 325 g/mol. The monoisotopic (exact) mass is 339 g/mol. The largest absolute Gasteiger partial charge is 0.465 e. The molecule has 0 spiro atoms. The van der Waals surface area contributed by atoms with E-state index in [-0.39, 0.29) is 18.0 Å². The van der Waals surface area contributed by atoms with Crippen molar-refractivity contribution in [2.75, 3.05) is 6.54 Å². The van der Waals surface area contributed by atoms with E-state index >= 15 is 0 Å². The van der Waals surface area contributed by atoms with Crippen LogP contribution in [0.4, 0.5) is 4.39 Å². The Morgan fingerprint density at radius 3 is 3.00 bits per heavy atom. The average Bonchev–Trinajstić information content (AvgIpc) is 3.14. The SMILES string of the molecule is O=C(/C=C/c1ccco1)N1CCc2nc3ccc(F)cn3c(=O)c2C1. The van der Waals surface area contributed by atoms with Crippen LogP contribution < -0.4 is 5.56 Å². The first-order chi connectivity index (χ1) is 12.1. The molecule has 1 amide bonds. The fraction of sp³-hybridized carbons (Fsp3) is 0.167. The topological polar surface area (TPSA) is 67.8 Å². The molecule has 1 aliphatic rings. The number of carbonyl (C=O) groups excluding carboxylic acids is 1. The van der Waals surface area contributed by atoms with Gasteiger partial charge in [-0.1, -0.05) is 0 Å². The highest BCUT2D eigenvalue weighted by molar-refractivity contribution is 5.91. The Kier molecular flexibility index (Phi) is 3.68. The van der Waals surface area contributed by atoms with Crippen LogP contribution in [0, 0.1) is 5.82 Å². The average molecular weight is 339 g/mol. The molecular formula is C18H14FN3O3. The predicted octanol–water partition coefficient (Wildman–Crippen LogP) is 2.02. The highest BCUT2D eigenvalue weighted by Crippen LogP contribution is 2.16. The van der Waals surface area contributed by atoms with E-state index in [1.165, 1.54) is 28.9 Å². The fourth-order valence-electron chi connectivity index (χ4n) is 2.90. The highest BCUT2D eigenvalue weighted by Gasteiger charge is 2.24. The van der Waals surface area contributed by atoms with Crippen LogP contribution in [-0.4, -0.2) is 26.7 Å². The zero-order valence-electron chi connectivity index (χ0n) is 13.2. The number of fused-ring (bicyclic) bond motifs is 2. The van der Waals surface area contributed by atoms with Crippen molar-refractivity contribution in [3.63, 3.8) is 0 Å². The second-order valence-electron chi connectivity index (χ2n) is 5.78. The molecule has 7 heteroatoms. The Labute approximate surface area is 141 Å². The van der Waals surface area contributed by atoms with Crippen LogP contribution in [0.2, 0.25) is 0 Å². The van der Waals surface area contributed by atoms with E-state index in [4.69, 9.17) is 4.42 Å². The normalized spacial score (nSPS) is 14.2. The number of hydrogen-bond donors (Lipinski definition) is 0. The molecule has 0 atom stereocenters. The first-order valence-corrected chi connectivity index (χ1v) is 7.82. The molecule has 4 heterocycles. The van der Waals surface area contributed by atoms with Crippen molar-refractivity contribution in [3.05, 3.63) is 76.0 Å². The third-order valence-corrected chi connectivity index (χ3v) is 4.18. The van der Waals surface area contributed by atoms with Crippen molar-refractivity contribution in [3.8, 4) is 0 Å².